The topological polar surface area (TPSA) is 40.5 Å². The second-order valence-electron chi connectivity index (χ2n) is 4.29. The lowest BCUT2D eigenvalue weighted by Crippen LogP contribution is -2.33. The van der Waals surface area contributed by atoms with Crippen LogP contribution in [0, 0.1) is 11.6 Å². The molecule has 5 heteroatoms. The van der Waals surface area contributed by atoms with Gasteiger partial charge in [-0.15, -0.1) is 0 Å². The molecule has 3 nitrogen and oxygen atoms in total. The molecule has 0 saturated carbocycles. The van der Waals surface area contributed by atoms with Crippen molar-refractivity contribution in [3.05, 3.63) is 35.4 Å². The van der Waals surface area contributed by atoms with Gasteiger partial charge >= 0.3 is 0 Å². The first-order valence-electron chi connectivity index (χ1n) is 5.75. The molecule has 0 amide bonds. The fourth-order valence-electron chi connectivity index (χ4n) is 1.49. The predicted molar refractivity (Wildman–Crippen MR) is 64.5 cm³/mol. The largest absolute Gasteiger partial charge is 0.395 e. The van der Waals surface area contributed by atoms with Crippen molar-refractivity contribution in [1.29, 1.82) is 0 Å². The third kappa shape index (κ3) is 3.58. The molecule has 0 fully saturated rings. The number of benzene rings is 1. The van der Waals surface area contributed by atoms with Crippen molar-refractivity contribution in [2.24, 2.45) is 0 Å². The quantitative estimate of drug-likeness (QED) is 0.791. The molecule has 1 atom stereocenters. The van der Waals surface area contributed by atoms with E-state index in [2.05, 4.69) is 0 Å². The van der Waals surface area contributed by atoms with Crippen molar-refractivity contribution in [3.8, 4) is 0 Å². The number of Topliss-reactive ketones (excluding diaryl/α,β-unsaturated/α-hetero) is 1. The summed E-state index contributed by atoms with van der Waals surface area (Å²) in [5.74, 6) is -2.55. The average molecular weight is 257 g/mol. The number of rotatable bonds is 6. The number of aliphatic hydroxyl groups is 1. The van der Waals surface area contributed by atoms with Gasteiger partial charge in [0.2, 0.25) is 0 Å². The molecule has 0 heterocycles. The minimum atomic E-state index is -1.10. The average Bonchev–Trinajstić information content (AvgIpc) is 2.37. The Morgan fingerprint density at radius 1 is 1.44 bits per heavy atom. The zero-order valence-corrected chi connectivity index (χ0v) is 10.5. The summed E-state index contributed by atoms with van der Waals surface area (Å²) < 4.78 is 26.3. The molecule has 1 rings (SSSR count). The summed E-state index contributed by atoms with van der Waals surface area (Å²) in [7, 11) is 1.76. The molecule has 0 saturated heterocycles. The van der Waals surface area contributed by atoms with Crippen molar-refractivity contribution in [1.82, 2.24) is 4.90 Å². The Hall–Kier alpha value is -1.33. The molecule has 0 radical (unpaired) electrons. The SMILES string of the molecule is CC(CO)N(C)CCC(=O)c1cccc(F)c1F. The highest BCUT2D eigenvalue weighted by molar-refractivity contribution is 5.96. The molecule has 1 aromatic carbocycles. The lowest BCUT2D eigenvalue weighted by Gasteiger charge is -2.22. The van der Waals surface area contributed by atoms with Crippen LogP contribution in [0.4, 0.5) is 8.78 Å². The van der Waals surface area contributed by atoms with Crippen LogP contribution in [0.15, 0.2) is 18.2 Å². The third-order valence-electron chi connectivity index (χ3n) is 2.96. The van der Waals surface area contributed by atoms with Crippen LogP contribution in [0.5, 0.6) is 0 Å². The van der Waals surface area contributed by atoms with Crippen LogP contribution in [0.1, 0.15) is 23.7 Å². The molecule has 0 aromatic heterocycles. The fourth-order valence-corrected chi connectivity index (χ4v) is 1.49. The first-order chi connectivity index (χ1) is 8.47. The molecule has 0 aliphatic carbocycles. The van der Waals surface area contributed by atoms with Gasteiger partial charge in [-0.3, -0.25) is 4.79 Å². The molecule has 100 valence electrons. The number of ketones is 1. The normalized spacial score (nSPS) is 12.8. The van der Waals surface area contributed by atoms with Crippen molar-refractivity contribution in [2.45, 2.75) is 19.4 Å². The van der Waals surface area contributed by atoms with Crippen molar-refractivity contribution in [2.75, 3.05) is 20.2 Å². The van der Waals surface area contributed by atoms with E-state index in [9.17, 15) is 13.6 Å². The number of carbonyl (C=O) groups is 1. The van der Waals surface area contributed by atoms with Gasteiger partial charge in [0.1, 0.15) is 0 Å². The van der Waals surface area contributed by atoms with Gasteiger partial charge in [0.05, 0.1) is 12.2 Å². The highest BCUT2D eigenvalue weighted by Gasteiger charge is 2.16. The highest BCUT2D eigenvalue weighted by Crippen LogP contribution is 2.13. The van der Waals surface area contributed by atoms with Gasteiger partial charge in [-0.05, 0) is 26.1 Å². The Bertz CT molecular complexity index is 423. The summed E-state index contributed by atoms with van der Waals surface area (Å²) in [5, 5.41) is 8.93. The van der Waals surface area contributed by atoms with Gasteiger partial charge < -0.3 is 10.0 Å². The predicted octanol–water partition coefficient (Wildman–Crippen LogP) is 1.85. The van der Waals surface area contributed by atoms with Crippen LogP contribution < -0.4 is 0 Å². The number of carbonyl (C=O) groups excluding carboxylic acids is 1. The maximum absolute atomic E-state index is 13.4. The number of halogens is 2. The molecule has 1 N–H and O–H groups in total. The van der Waals surface area contributed by atoms with E-state index < -0.39 is 17.4 Å². The molecule has 18 heavy (non-hydrogen) atoms. The van der Waals surface area contributed by atoms with Gasteiger partial charge in [0.15, 0.2) is 17.4 Å². The number of aliphatic hydroxyl groups excluding tert-OH is 1. The van der Waals surface area contributed by atoms with Crippen molar-refractivity contribution >= 4 is 5.78 Å². The molecule has 1 unspecified atom stereocenters. The van der Waals surface area contributed by atoms with Gasteiger partial charge in [-0.1, -0.05) is 6.07 Å². The van der Waals surface area contributed by atoms with Crippen molar-refractivity contribution < 1.29 is 18.7 Å². The van der Waals surface area contributed by atoms with Crippen LogP contribution >= 0.6 is 0 Å². The third-order valence-corrected chi connectivity index (χ3v) is 2.96. The van der Waals surface area contributed by atoms with E-state index in [-0.39, 0.29) is 24.6 Å². The maximum atomic E-state index is 13.4. The van der Waals surface area contributed by atoms with E-state index >= 15 is 0 Å². The summed E-state index contributed by atoms with van der Waals surface area (Å²) in [4.78, 5) is 13.5. The van der Waals surface area contributed by atoms with E-state index in [0.29, 0.717) is 6.54 Å². The molecule has 0 aliphatic rings. The van der Waals surface area contributed by atoms with E-state index in [0.717, 1.165) is 6.07 Å². The van der Waals surface area contributed by atoms with E-state index in [1.807, 2.05) is 6.92 Å². The molecule has 0 aliphatic heterocycles. The fraction of sp³-hybridized carbons (Fsp3) is 0.462. The Balaban J connectivity index is 2.64. The Kier molecular flexibility index (Phi) is 5.37. The summed E-state index contributed by atoms with van der Waals surface area (Å²) >= 11 is 0. The highest BCUT2D eigenvalue weighted by atomic mass is 19.2. The first-order valence-corrected chi connectivity index (χ1v) is 5.75. The number of likely N-dealkylation sites (N-methyl/N-ethyl adjacent to an activating group) is 1. The summed E-state index contributed by atoms with van der Waals surface area (Å²) in [6.45, 7) is 2.18. The van der Waals surface area contributed by atoms with Gasteiger partial charge in [-0.2, -0.15) is 0 Å². The van der Waals surface area contributed by atoms with Crippen LogP contribution in [0.25, 0.3) is 0 Å². The lowest BCUT2D eigenvalue weighted by atomic mass is 10.1. The molecular formula is C13H17F2NO2. The van der Waals surface area contributed by atoms with Crippen LogP contribution in [0.2, 0.25) is 0 Å². The zero-order chi connectivity index (χ0) is 13.7. The van der Waals surface area contributed by atoms with Crippen LogP contribution in [-0.2, 0) is 0 Å². The minimum absolute atomic E-state index is 0.0149. The van der Waals surface area contributed by atoms with Crippen LogP contribution in [-0.4, -0.2) is 42.0 Å². The minimum Gasteiger partial charge on any atom is -0.395 e. The standard InChI is InChI=1S/C13H17F2NO2/c1-9(8-17)16(2)7-6-12(18)10-4-3-5-11(14)13(10)15/h3-5,9,17H,6-8H2,1-2H3. The lowest BCUT2D eigenvalue weighted by molar-refractivity contribution is 0.0942. The second kappa shape index (κ2) is 6.56. The number of nitrogens with zero attached hydrogens (tertiary/aromatic N) is 1. The summed E-state index contributed by atoms with van der Waals surface area (Å²) in [6.07, 6.45) is 0.0845. The van der Waals surface area contributed by atoms with Gasteiger partial charge in [-0.25, -0.2) is 8.78 Å². The zero-order valence-electron chi connectivity index (χ0n) is 10.5. The molecule has 0 spiro atoms. The summed E-state index contributed by atoms with van der Waals surface area (Å²) in [5.41, 5.74) is -0.222. The number of hydrogen-bond donors (Lipinski definition) is 1. The summed E-state index contributed by atoms with van der Waals surface area (Å²) in [6, 6.07) is 3.49. The van der Waals surface area contributed by atoms with Crippen LogP contribution in [0.3, 0.4) is 0 Å². The molecular weight excluding hydrogens is 240 g/mol. The Morgan fingerprint density at radius 3 is 2.72 bits per heavy atom. The van der Waals surface area contributed by atoms with Gasteiger partial charge in [0.25, 0.3) is 0 Å². The Labute approximate surface area is 105 Å². The van der Waals surface area contributed by atoms with E-state index in [1.165, 1.54) is 12.1 Å². The Morgan fingerprint density at radius 2 is 2.11 bits per heavy atom. The van der Waals surface area contributed by atoms with E-state index in [4.69, 9.17) is 5.11 Å². The van der Waals surface area contributed by atoms with Crippen molar-refractivity contribution in [3.63, 3.8) is 0 Å². The van der Waals surface area contributed by atoms with Gasteiger partial charge in [0, 0.05) is 19.0 Å². The molecule has 0 bridgehead atoms. The number of hydrogen-bond acceptors (Lipinski definition) is 3. The second-order valence-corrected chi connectivity index (χ2v) is 4.29. The van der Waals surface area contributed by atoms with E-state index in [1.54, 1.807) is 11.9 Å². The first kappa shape index (κ1) is 14.7. The maximum Gasteiger partial charge on any atom is 0.169 e. The smallest absolute Gasteiger partial charge is 0.169 e. The molecule has 1 aromatic rings. The monoisotopic (exact) mass is 257 g/mol.